The number of rotatable bonds is 7. The molecule has 2 aromatic carbocycles. The minimum atomic E-state index is -0.873. The zero-order valence-corrected chi connectivity index (χ0v) is 26.3. The van der Waals surface area contributed by atoms with E-state index in [0.717, 1.165) is 16.7 Å². The van der Waals surface area contributed by atoms with Crippen molar-refractivity contribution in [2.45, 2.75) is 70.1 Å². The lowest BCUT2D eigenvalue weighted by Crippen LogP contribution is -2.65. The van der Waals surface area contributed by atoms with E-state index < -0.39 is 54.2 Å². The highest BCUT2D eigenvalue weighted by Crippen LogP contribution is 2.58. The van der Waals surface area contributed by atoms with E-state index in [-0.39, 0.29) is 31.9 Å². The maximum atomic E-state index is 13.6. The Bertz CT molecular complexity index is 1440. The normalized spacial score (nSPS) is 36.4. The monoisotopic (exact) mass is 628 g/mol. The molecule has 4 heterocycles. The Morgan fingerprint density at radius 1 is 0.933 bits per heavy atom. The molecule has 4 aliphatic heterocycles. The van der Waals surface area contributed by atoms with Gasteiger partial charge < -0.3 is 52.5 Å². The summed E-state index contributed by atoms with van der Waals surface area (Å²) in [5.74, 6) is 0.777. The summed E-state index contributed by atoms with van der Waals surface area (Å²) >= 11 is 0. The van der Waals surface area contributed by atoms with Gasteiger partial charge >= 0.3 is 5.97 Å². The molecule has 0 bridgehead atoms. The van der Waals surface area contributed by atoms with Crippen LogP contribution in [0.2, 0.25) is 0 Å². The molecule has 1 N–H and O–H groups in total. The van der Waals surface area contributed by atoms with Gasteiger partial charge in [-0.15, -0.1) is 0 Å². The minimum absolute atomic E-state index is 0.0841. The Morgan fingerprint density at radius 2 is 1.62 bits per heavy atom. The summed E-state index contributed by atoms with van der Waals surface area (Å²) in [6.07, 6.45) is -3.32. The van der Waals surface area contributed by atoms with Crippen LogP contribution in [0.5, 0.6) is 28.7 Å². The summed E-state index contributed by atoms with van der Waals surface area (Å²) in [6.45, 7) is 6.24. The number of cyclic esters (lactones) is 1. The van der Waals surface area contributed by atoms with Crippen LogP contribution in [0.25, 0.3) is 0 Å². The molecule has 2 aromatic rings. The molecule has 10 atom stereocenters. The molecule has 0 aromatic heterocycles. The van der Waals surface area contributed by atoms with Crippen LogP contribution in [0.3, 0.4) is 0 Å². The number of aliphatic hydroxyl groups excluding tert-OH is 1. The fourth-order valence-electron chi connectivity index (χ4n) is 7.56. The average molecular weight is 629 g/mol. The quantitative estimate of drug-likeness (QED) is 0.449. The second kappa shape index (κ2) is 11.5. The first-order valence-corrected chi connectivity index (χ1v) is 15.4. The van der Waals surface area contributed by atoms with Crippen molar-refractivity contribution in [3.8, 4) is 28.7 Å². The lowest BCUT2D eigenvalue weighted by molar-refractivity contribution is -0.377. The third-order valence-electron chi connectivity index (χ3n) is 10.2. The molecule has 7 rings (SSSR count). The zero-order valence-electron chi connectivity index (χ0n) is 26.3. The van der Waals surface area contributed by atoms with Gasteiger partial charge in [-0.25, -0.2) is 0 Å². The molecular formula is C33H40O12. The fourth-order valence-corrected chi connectivity index (χ4v) is 7.56. The standard InChI is InChI=1S/C33H40O12/c1-7-33(3)30(34)29-24(13-39-15(2)43-29)44-32(33)45-27-18-11-21-20(41-14-42-21)10-17(18)25(26-19(27)12-40-31(26)35)16-8-22(36-4)28(38-6)23(9-16)37-5/h8-11,15,19,24-27,29-30,32,34H,7,12-14H2,1-6H3/t15-,19+,24-,25-,26+,27-,29-,30+,32?,33?/m1/s1. The van der Waals surface area contributed by atoms with Crippen LogP contribution in [0.4, 0.5) is 0 Å². The van der Waals surface area contributed by atoms with Gasteiger partial charge in [-0.1, -0.05) is 13.8 Å². The lowest BCUT2D eigenvalue weighted by Gasteiger charge is -2.53. The number of hydrogen-bond acceptors (Lipinski definition) is 12. The Labute approximate surface area is 261 Å². The average Bonchev–Trinajstić information content (AvgIpc) is 3.68. The highest BCUT2D eigenvalue weighted by atomic mass is 16.7. The van der Waals surface area contributed by atoms with Crippen LogP contribution in [-0.2, 0) is 28.5 Å². The van der Waals surface area contributed by atoms with Crippen molar-refractivity contribution in [1.82, 2.24) is 0 Å². The molecule has 45 heavy (non-hydrogen) atoms. The van der Waals surface area contributed by atoms with Gasteiger partial charge in [0.25, 0.3) is 0 Å². The summed E-state index contributed by atoms with van der Waals surface area (Å²) < 4.78 is 59.4. The van der Waals surface area contributed by atoms with Crippen LogP contribution in [-0.4, -0.2) is 83.3 Å². The number of ether oxygens (including phenoxy) is 10. The van der Waals surface area contributed by atoms with Gasteiger partial charge in [-0.3, -0.25) is 4.79 Å². The molecule has 5 aliphatic rings. The fraction of sp³-hybridized carbons (Fsp3) is 0.606. The predicted molar refractivity (Wildman–Crippen MR) is 156 cm³/mol. The number of esters is 1. The first-order valence-electron chi connectivity index (χ1n) is 15.4. The molecule has 0 radical (unpaired) electrons. The maximum Gasteiger partial charge on any atom is 0.310 e. The van der Waals surface area contributed by atoms with Crippen LogP contribution in [0, 0.1) is 17.3 Å². The number of aliphatic hydroxyl groups is 1. The van der Waals surface area contributed by atoms with Crippen LogP contribution in [0.15, 0.2) is 24.3 Å². The van der Waals surface area contributed by atoms with Gasteiger partial charge in [0.05, 0.1) is 52.7 Å². The Balaban J connectivity index is 1.34. The number of carbonyl (C=O) groups is 1. The Hall–Kier alpha value is -3.29. The topological polar surface area (TPSA) is 130 Å². The summed E-state index contributed by atoms with van der Waals surface area (Å²) in [6, 6.07) is 7.57. The number of fused-ring (bicyclic) bond motifs is 4. The predicted octanol–water partition coefficient (Wildman–Crippen LogP) is 3.70. The second-order valence-corrected chi connectivity index (χ2v) is 12.5. The molecule has 3 saturated heterocycles. The number of benzene rings is 2. The summed E-state index contributed by atoms with van der Waals surface area (Å²) in [7, 11) is 4.66. The van der Waals surface area contributed by atoms with Crippen LogP contribution >= 0.6 is 0 Å². The van der Waals surface area contributed by atoms with E-state index in [4.69, 9.17) is 47.4 Å². The largest absolute Gasteiger partial charge is 0.493 e. The summed E-state index contributed by atoms with van der Waals surface area (Å²) in [5, 5.41) is 11.6. The van der Waals surface area contributed by atoms with Crippen molar-refractivity contribution < 1.29 is 57.3 Å². The second-order valence-electron chi connectivity index (χ2n) is 12.5. The van der Waals surface area contributed by atoms with E-state index >= 15 is 0 Å². The number of carbonyl (C=O) groups excluding carboxylic acids is 1. The van der Waals surface area contributed by atoms with E-state index in [0.29, 0.717) is 35.2 Å². The van der Waals surface area contributed by atoms with Gasteiger partial charge in [-0.2, -0.15) is 0 Å². The van der Waals surface area contributed by atoms with Gasteiger partial charge in [0.2, 0.25) is 12.5 Å². The molecule has 2 unspecified atom stereocenters. The van der Waals surface area contributed by atoms with Crippen molar-refractivity contribution in [3.63, 3.8) is 0 Å². The van der Waals surface area contributed by atoms with Crippen molar-refractivity contribution in [1.29, 1.82) is 0 Å². The molecule has 12 heteroatoms. The molecule has 12 nitrogen and oxygen atoms in total. The molecule has 0 amide bonds. The van der Waals surface area contributed by atoms with Gasteiger partial charge in [-0.05, 0) is 54.3 Å². The molecule has 244 valence electrons. The Morgan fingerprint density at radius 3 is 2.27 bits per heavy atom. The van der Waals surface area contributed by atoms with Crippen molar-refractivity contribution in [3.05, 3.63) is 41.0 Å². The van der Waals surface area contributed by atoms with Crippen molar-refractivity contribution in [2.75, 3.05) is 41.3 Å². The first-order chi connectivity index (χ1) is 21.7. The minimum Gasteiger partial charge on any atom is -0.493 e. The van der Waals surface area contributed by atoms with E-state index in [2.05, 4.69) is 0 Å². The van der Waals surface area contributed by atoms with Gasteiger partial charge in [0.15, 0.2) is 35.6 Å². The molecule has 1 aliphatic carbocycles. The Kier molecular flexibility index (Phi) is 7.76. The van der Waals surface area contributed by atoms with E-state index in [9.17, 15) is 9.90 Å². The highest BCUT2D eigenvalue weighted by molar-refractivity contribution is 5.79. The third-order valence-corrected chi connectivity index (χ3v) is 10.2. The first kappa shape index (κ1) is 30.4. The van der Waals surface area contributed by atoms with E-state index in [1.165, 1.54) is 0 Å². The van der Waals surface area contributed by atoms with E-state index in [1.807, 2.05) is 38.1 Å². The lowest BCUT2D eigenvalue weighted by atomic mass is 9.66. The SMILES string of the molecule is CCC1(C)C(O[C@@H]2c3cc4c(cc3[C@@H](c3cc(OC)c(OC)c(OC)c3)[C@H]3C(=O)OC[C@@H]32)OCO4)O[C@@H]2CO[C@@H](C)O[C@H]2[C@@H]1O. The molecule has 3 fully saturated rings. The maximum absolute atomic E-state index is 13.6. The van der Waals surface area contributed by atoms with Crippen molar-refractivity contribution >= 4 is 5.97 Å². The zero-order chi connectivity index (χ0) is 31.6. The number of methoxy groups -OCH3 is 3. The molecular weight excluding hydrogens is 588 g/mol. The third kappa shape index (κ3) is 4.72. The van der Waals surface area contributed by atoms with Crippen LogP contribution in [0.1, 0.15) is 55.9 Å². The van der Waals surface area contributed by atoms with Gasteiger partial charge in [0, 0.05) is 17.3 Å². The molecule has 0 saturated carbocycles. The smallest absolute Gasteiger partial charge is 0.310 e. The molecule has 0 spiro atoms. The highest BCUT2D eigenvalue weighted by Gasteiger charge is 2.59. The summed E-state index contributed by atoms with van der Waals surface area (Å²) in [5.41, 5.74) is 1.61. The van der Waals surface area contributed by atoms with Crippen molar-refractivity contribution in [2.24, 2.45) is 17.3 Å². The van der Waals surface area contributed by atoms with E-state index in [1.54, 1.807) is 28.3 Å². The van der Waals surface area contributed by atoms with Gasteiger partial charge in [0.1, 0.15) is 12.2 Å². The number of hydrogen-bond donors (Lipinski definition) is 1. The summed E-state index contributed by atoms with van der Waals surface area (Å²) in [4.78, 5) is 13.6. The van der Waals surface area contributed by atoms with Crippen LogP contribution < -0.4 is 23.7 Å².